The largest absolute Gasteiger partial charge is 0.427 e. The van der Waals surface area contributed by atoms with Crippen LogP contribution in [0.4, 0.5) is 0 Å². The number of benzene rings is 1. The van der Waals surface area contributed by atoms with Gasteiger partial charge in [0.05, 0.1) is 0 Å². The lowest BCUT2D eigenvalue weighted by Gasteiger charge is -2.11. The summed E-state index contributed by atoms with van der Waals surface area (Å²) in [5, 5.41) is 9.28. The van der Waals surface area contributed by atoms with Gasteiger partial charge in [0.2, 0.25) is 0 Å². The van der Waals surface area contributed by atoms with E-state index in [1.807, 2.05) is 42.7 Å². The maximum atomic E-state index is 12.1. The average molecular weight is 351 g/mol. The van der Waals surface area contributed by atoms with Crippen molar-refractivity contribution < 1.29 is 14.3 Å². The highest BCUT2D eigenvalue weighted by Crippen LogP contribution is 2.24. The molecular formula is C20H21N3O3. The maximum Gasteiger partial charge on any atom is 0.308 e. The third-order valence-electron chi connectivity index (χ3n) is 3.88. The number of hydrogen-bond donors (Lipinski definition) is 0. The Kier molecular flexibility index (Phi) is 5.63. The second-order valence-corrected chi connectivity index (χ2v) is 6.12. The first-order valence-electron chi connectivity index (χ1n) is 8.06. The molecule has 1 aromatic heterocycles. The minimum absolute atomic E-state index is 0.0838. The second-order valence-electron chi connectivity index (χ2n) is 6.12. The molecule has 2 aromatic rings. The number of carbonyl (C=O) groups is 2. The molecule has 0 unspecified atom stereocenters. The lowest BCUT2D eigenvalue weighted by molar-refractivity contribution is -0.131. The molecular weight excluding hydrogens is 330 g/mol. The SMILES string of the molecule is CC(=O)Oc1ccc(-n2c(C)cc(/C=C(/C#N)C(=O)N(C)C)c2C)cc1. The molecule has 134 valence electrons. The summed E-state index contributed by atoms with van der Waals surface area (Å²) in [7, 11) is 3.23. The highest BCUT2D eigenvalue weighted by atomic mass is 16.5. The Balaban J connectivity index is 2.43. The van der Waals surface area contributed by atoms with Crippen molar-refractivity contribution >= 4 is 18.0 Å². The number of ether oxygens (including phenoxy) is 1. The fraction of sp³-hybridized carbons (Fsp3) is 0.250. The van der Waals surface area contributed by atoms with Gasteiger partial charge in [0, 0.05) is 38.1 Å². The highest BCUT2D eigenvalue weighted by Gasteiger charge is 2.15. The summed E-state index contributed by atoms with van der Waals surface area (Å²) in [6.45, 7) is 5.23. The van der Waals surface area contributed by atoms with Gasteiger partial charge in [-0.25, -0.2) is 0 Å². The zero-order valence-electron chi connectivity index (χ0n) is 15.5. The van der Waals surface area contributed by atoms with Crippen LogP contribution in [0.3, 0.4) is 0 Å². The smallest absolute Gasteiger partial charge is 0.308 e. The molecule has 0 radical (unpaired) electrons. The molecule has 0 saturated heterocycles. The average Bonchev–Trinajstić information content (AvgIpc) is 2.86. The maximum absolute atomic E-state index is 12.1. The molecule has 6 heteroatoms. The van der Waals surface area contributed by atoms with Crippen LogP contribution in [0.1, 0.15) is 23.9 Å². The van der Waals surface area contributed by atoms with E-state index in [0.717, 1.165) is 22.6 Å². The second kappa shape index (κ2) is 7.70. The van der Waals surface area contributed by atoms with Crippen LogP contribution < -0.4 is 4.74 Å². The number of esters is 1. The van der Waals surface area contributed by atoms with Gasteiger partial charge in [-0.15, -0.1) is 0 Å². The number of nitriles is 1. The van der Waals surface area contributed by atoms with Crippen molar-refractivity contribution in [1.82, 2.24) is 9.47 Å². The summed E-state index contributed by atoms with van der Waals surface area (Å²) in [4.78, 5) is 24.5. The van der Waals surface area contributed by atoms with Crippen LogP contribution in [0, 0.1) is 25.2 Å². The molecule has 1 heterocycles. The predicted octanol–water partition coefficient (Wildman–Crippen LogP) is 3.01. The predicted molar refractivity (Wildman–Crippen MR) is 98.8 cm³/mol. The van der Waals surface area contributed by atoms with Gasteiger partial charge in [-0.1, -0.05) is 0 Å². The van der Waals surface area contributed by atoms with Crippen LogP contribution in [0.2, 0.25) is 0 Å². The third-order valence-corrected chi connectivity index (χ3v) is 3.88. The zero-order valence-corrected chi connectivity index (χ0v) is 15.5. The Labute approximate surface area is 152 Å². The van der Waals surface area contributed by atoms with Crippen LogP contribution in [0.25, 0.3) is 11.8 Å². The fourth-order valence-electron chi connectivity index (χ4n) is 2.70. The highest BCUT2D eigenvalue weighted by molar-refractivity contribution is 6.01. The molecule has 0 aliphatic rings. The Hall–Kier alpha value is -3.33. The molecule has 0 bridgehead atoms. The minimum atomic E-state index is -0.368. The van der Waals surface area contributed by atoms with E-state index in [1.54, 1.807) is 32.3 Å². The standard InChI is InChI=1S/C20H21N3O3/c1-13-10-16(11-17(12-21)20(25)22(4)5)14(2)23(13)18-6-8-19(9-7-18)26-15(3)24/h6-11H,1-5H3/b17-11-. The number of aryl methyl sites for hydroxylation is 1. The molecule has 0 fully saturated rings. The summed E-state index contributed by atoms with van der Waals surface area (Å²) in [5.41, 5.74) is 3.65. The van der Waals surface area contributed by atoms with E-state index < -0.39 is 0 Å². The summed E-state index contributed by atoms with van der Waals surface area (Å²) >= 11 is 0. The Morgan fingerprint density at radius 2 is 1.81 bits per heavy atom. The van der Waals surface area contributed by atoms with Crippen molar-refractivity contribution in [2.24, 2.45) is 0 Å². The normalized spacial score (nSPS) is 11.0. The number of carbonyl (C=O) groups excluding carboxylic acids is 2. The van der Waals surface area contributed by atoms with Crippen molar-refractivity contribution in [3.8, 4) is 17.5 Å². The summed E-state index contributed by atoms with van der Waals surface area (Å²) < 4.78 is 7.06. The van der Waals surface area contributed by atoms with E-state index in [4.69, 9.17) is 4.74 Å². The van der Waals surface area contributed by atoms with Crippen molar-refractivity contribution in [2.45, 2.75) is 20.8 Å². The van der Waals surface area contributed by atoms with Crippen LogP contribution in [-0.4, -0.2) is 35.4 Å². The lowest BCUT2D eigenvalue weighted by Crippen LogP contribution is -2.22. The molecule has 0 saturated carbocycles. The van der Waals surface area contributed by atoms with E-state index in [0.29, 0.717) is 5.75 Å². The summed E-state index contributed by atoms with van der Waals surface area (Å²) in [6.07, 6.45) is 1.61. The number of nitrogens with zero attached hydrogens (tertiary/aromatic N) is 3. The van der Waals surface area contributed by atoms with E-state index in [-0.39, 0.29) is 17.4 Å². The number of rotatable bonds is 4. The van der Waals surface area contributed by atoms with Gasteiger partial charge in [-0.05, 0) is 55.8 Å². The quantitative estimate of drug-likeness (QED) is 0.367. The van der Waals surface area contributed by atoms with Crippen LogP contribution >= 0.6 is 0 Å². The first kappa shape index (κ1) is 19.0. The number of aromatic nitrogens is 1. The third kappa shape index (κ3) is 4.01. The first-order valence-corrected chi connectivity index (χ1v) is 8.06. The monoisotopic (exact) mass is 351 g/mol. The molecule has 0 aliphatic carbocycles. The minimum Gasteiger partial charge on any atom is -0.427 e. The molecule has 1 amide bonds. The van der Waals surface area contributed by atoms with Gasteiger partial charge < -0.3 is 14.2 Å². The molecule has 26 heavy (non-hydrogen) atoms. The molecule has 2 rings (SSSR count). The zero-order chi connectivity index (χ0) is 19.4. The van der Waals surface area contributed by atoms with Crippen LogP contribution in [0.15, 0.2) is 35.9 Å². The summed E-state index contributed by atoms with van der Waals surface area (Å²) in [5.74, 6) is -0.219. The fourth-order valence-corrected chi connectivity index (χ4v) is 2.70. The Morgan fingerprint density at radius 1 is 1.19 bits per heavy atom. The van der Waals surface area contributed by atoms with E-state index in [1.165, 1.54) is 11.8 Å². The van der Waals surface area contributed by atoms with E-state index in [9.17, 15) is 14.9 Å². The van der Waals surface area contributed by atoms with Crippen molar-refractivity contribution in [3.63, 3.8) is 0 Å². The molecule has 0 N–H and O–H groups in total. The van der Waals surface area contributed by atoms with Gasteiger partial charge in [0.1, 0.15) is 17.4 Å². The van der Waals surface area contributed by atoms with Gasteiger partial charge in [0.15, 0.2) is 0 Å². The Morgan fingerprint density at radius 3 is 2.31 bits per heavy atom. The van der Waals surface area contributed by atoms with Gasteiger partial charge in [0.25, 0.3) is 5.91 Å². The van der Waals surface area contributed by atoms with Gasteiger partial charge >= 0.3 is 5.97 Å². The lowest BCUT2D eigenvalue weighted by atomic mass is 10.1. The number of amides is 1. The van der Waals surface area contributed by atoms with Crippen LogP contribution in [0.5, 0.6) is 5.75 Å². The first-order chi connectivity index (χ1) is 12.2. The molecule has 1 aromatic carbocycles. The topological polar surface area (TPSA) is 75.3 Å². The summed E-state index contributed by atoms with van der Waals surface area (Å²) in [6, 6.07) is 11.0. The van der Waals surface area contributed by atoms with Crippen LogP contribution in [-0.2, 0) is 9.59 Å². The van der Waals surface area contributed by atoms with Gasteiger partial charge in [-0.3, -0.25) is 9.59 Å². The molecule has 0 atom stereocenters. The van der Waals surface area contributed by atoms with Crippen molar-refractivity contribution in [1.29, 1.82) is 5.26 Å². The van der Waals surface area contributed by atoms with Crippen molar-refractivity contribution in [2.75, 3.05) is 14.1 Å². The van der Waals surface area contributed by atoms with E-state index in [2.05, 4.69) is 0 Å². The Bertz CT molecular complexity index is 913. The number of hydrogen-bond acceptors (Lipinski definition) is 4. The van der Waals surface area contributed by atoms with Crippen molar-refractivity contribution in [3.05, 3.63) is 52.9 Å². The molecule has 0 aliphatic heterocycles. The number of likely N-dealkylation sites (N-methyl/N-ethyl adjacent to an activating group) is 1. The van der Waals surface area contributed by atoms with Gasteiger partial charge in [-0.2, -0.15) is 5.26 Å². The molecule has 6 nitrogen and oxygen atoms in total. The molecule has 0 spiro atoms. The van der Waals surface area contributed by atoms with E-state index >= 15 is 0 Å².